The molecule has 0 saturated carbocycles. The van der Waals surface area contributed by atoms with Crippen molar-refractivity contribution in [1.82, 2.24) is 5.32 Å². The Hall–Kier alpha value is -4.72. The highest BCUT2D eigenvalue weighted by Gasteiger charge is 2.47. The van der Waals surface area contributed by atoms with Crippen LogP contribution in [-0.2, 0) is 23.8 Å². The zero-order chi connectivity index (χ0) is 63.1. The predicted molar refractivity (Wildman–Crippen MR) is 365 cm³/mol. The van der Waals surface area contributed by atoms with Gasteiger partial charge in [-0.25, -0.2) is 0 Å². The van der Waals surface area contributed by atoms with Crippen LogP contribution in [-0.4, -0.2) is 99.6 Å². The third-order valence-corrected chi connectivity index (χ3v) is 14.9. The molecule has 1 rings (SSSR count). The normalized spacial score (nSPS) is 19.3. The van der Waals surface area contributed by atoms with Crippen molar-refractivity contribution in [2.75, 3.05) is 13.2 Å². The van der Waals surface area contributed by atoms with Crippen LogP contribution in [0.1, 0.15) is 245 Å². The van der Waals surface area contributed by atoms with Crippen molar-refractivity contribution in [2.24, 2.45) is 0 Å². The third kappa shape index (κ3) is 48.8. The largest absolute Gasteiger partial charge is 0.454 e. The van der Waals surface area contributed by atoms with Crippen LogP contribution in [0.25, 0.3) is 0 Å². The van der Waals surface area contributed by atoms with Gasteiger partial charge in [-0.15, -0.1) is 0 Å². The van der Waals surface area contributed by atoms with Gasteiger partial charge < -0.3 is 45.1 Å². The molecule has 8 atom stereocenters. The summed E-state index contributed by atoms with van der Waals surface area (Å²) in [6, 6.07) is -1.05. The number of aliphatic hydroxyl groups excluding tert-OH is 5. The highest BCUT2D eigenvalue weighted by Crippen LogP contribution is 2.26. The highest BCUT2D eigenvalue weighted by molar-refractivity contribution is 5.80. The van der Waals surface area contributed by atoms with Gasteiger partial charge in [0.1, 0.15) is 24.4 Å². The lowest BCUT2D eigenvalue weighted by atomic mass is 9.99. The van der Waals surface area contributed by atoms with Gasteiger partial charge >= 0.3 is 5.97 Å². The second-order valence-corrected chi connectivity index (χ2v) is 22.8. The fourth-order valence-electron chi connectivity index (χ4n) is 9.60. The number of hydrogen-bond donors (Lipinski definition) is 6. The number of carbonyl (C=O) groups excluding carboxylic acids is 2. The van der Waals surface area contributed by atoms with Gasteiger partial charge in [0.05, 0.1) is 25.4 Å². The number of nitrogens with one attached hydrogen (secondary N) is 1. The number of rotatable bonds is 56. The van der Waals surface area contributed by atoms with E-state index < -0.39 is 67.4 Å². The molecule has 492 valence electrons. The molecule has 0 aliphatic carbocycles. The molecular weight excluding hydrogens is 1090 g/mol. The zero-order valence-corrected chi connectivity index (χ0v) is 54.6. The summed E-state index contributed by atoms with van der Waals surface area (Å²) in [5.41, 5.74) is 0. The maximum atomic E-state index is 13.5. The van der Waals surface area contributed by atoms with Crippen LogP contribution >= 0.6 is 0 Å². The van der Waals surface area contributed by atoms with E-state index in [-0.39, 0.29) is 19.4 Å². The third-order valence-electron chi connectivity index (χ3n) is 14.9. The van der Waals surface area contributed by atoms with Crippen LogP contribution in [0, 0.1) is 0 Å². The lowest BCUT2D eigenvalue weighted by molar-refractivity contribution is -0.305. The van der Waals surface area contributed by atoms with Crippen molar-refractivity contribution in [1.29, 1.82) is 0 Å². The number of ether oxygens (including phenoxy) is 3. The lowest BCUT2D eigenvalue weighted by Gasteiger charge is -2.41. The Morgan fingerprint density at radius 3 is 1.24 bits per heavy atom. The zero-order valence-electron chi connectivity index (χ0n) is 54.6. The van der Waals surface area contributed by atoms with E-state index in [1.807, 2.05) is 6.08 Å². The van der Waals surface area contributed by atoms with E-state index in [0.29, 0.717) is 12.8 Å². The topological polar surface area (TPSA) is 175 Å². The summed E-state index contributed by atoms with van der Waals surface area (Å²) in [7, 11) is 0. The molecule has 8 unspecified atom stereocenters. The second kappa shape index (κ2) is 61.5. The average molecular weight is 1210 g/mol. The van der Waals surface area contributed by atoms with Crippen LogP contribution in [0.15, 0.2) is 158 Å². The van der Waals surface area contributed by atoms with Gasteiger partial charge in [-0.3, -0.25) is 9.59 Å². The minimum atomic E-state index is -1.65. The van der Waals surface area contributed by atoms with E-state index in [1.54, 1.807) is 6.08 Å². The number of esters is 1. The number of amides is 1. The molecule has 11 nitrogen and oxygen atoms in total. The first-order valence-corrected chi connectivity index (χ1v) is 34.3. The summed E-state index contributed by atoms with van der Waals surface area (Å²) in [5, 5.41) is 57.1. The summed E-state index contributed by atoms with van der Waals surface area (Å²) < 4.78 is 17.6. The monoisotopic (exact) mass is 1210 g/mol. The molecule has 1 fully saturated rings. The van der Waals surface area contributed by atoms with E-state index in [2.05, 4.69) is 172 Å². The number of aliphatic hydroxyl groups is 5. The Morgan fingerprint density at radius 2 is 0.828 bits per heavy atom. The summed E-state index contributed by atoms with van der Waals surface area (Å²) in [5.74, 6) is -1.26. The van der Waals surface area contributed by atoms with Crippen LogP contribution in [0.5, 0.6) is 0 Å². The Bertz CT molecular complexity index is 2020. The molecular formula is C76H123NO10. The average Bonchev–Trinajstić information content (AvgIpc) is 1.30. The number of allylic oxidation sites excluding steroid dienone is 25. The first-order valence-electron chi connectivity index (χ1n) is 34.3. The quantitative estimate of drug-likeness (QED) is 0.0195. The van der Waals surface area contributed by atoms with Gasteiger partial charge in [-0.1, -0.05) is 269 Å². The van der Waals surface area contributed by atoms with Crippen molar-refractivity contribution >= 4 is 11.9 Å². The molecule has 0 bridgehead atoms. The van der Waals surface area contributed by atoms with Gasteiger partial charge in [0.15, 0.2) is 12.4 Å². The summed E-state index contributed by atoms with van der Waals surface area (Å²) in [6.07, 6.45) is 79.9. The number of carbonyl (C=O) groups is 2. The molecule has 6 N–H and O–H groups in total. The Balaban J connectivity index is 2.63. The van der Waals surface area contributed by atoms with Crippen molar-refractivity contribution in [3.8, 4) is 0 Å². The van der Waals surface area contributed by atoms with Gasteiger partial charge in [0.25, 0.3) is 0 Å². The fraction of sp³-hybridized carbons (Fsp3) is 0.632. The van der Waals surface area contributed by atoms with E-state index in [4.69, 9.17) is 14.2 Å². The summed E-state index contributed by atoms with van der Waals surface area (Å²) in [6.45, 7) is 5.52. The van der Waals surface area contributed by atoms with E-state index in [0.717, 1.165) is 161 Å². The predicted octanol–water partition coefficient (Wildman–Crippen LogP) is 17.5. The smallest absolute Gasteiger partial charge is 0.306 e. The molecule has 0 radical (unpaired) electrons. The molecule has 1 aliphatic heterocycles. The standard InChI is InChI=1S/C76H123NO10/c1-4-7-10-13-16-19-22-24-26-28-30-32-33-34-35-36-38-39-41-43-45-48-51-54-57-60-63-69(80)75(84)77-67(68(79)62-59-56-53-50-47-21-18-15-12-9-6-3)66-85-76-74(73(83)72(82)70(65-78)86-76)87-71(81)64-61-58-55-52-49-46-44-42-40-37-31-29-27-25-23-20-17-14-11-8-5-2/h7-8,10-11,16-17,19-20,24-27,30-32,34-35,37-39,42,44,49,52,59,62,67-70,72-74,76,78-80,82-83H,4-6,9,12-15,18,21-23,28-29,33,36,40-41,43,45-48,50-51,53-58,60-61,63-66H2,1-3H3,(H,77,84)/b10-7-,11-8-,19-16-,20-17-,26-24-,27-25-,32-30-,35-34-,37-31-,39-38-,44-42-,52-49-,62-59+. The minimum Gasteiger partial charge on any atom is -0.454 e. The SMILES string of the molecule is CC/C=C\C/C=C\C/C=C\C/C=C\C/C=C\C/C=C\CCCCCCCCCC(O)C(=O)NC(COC1OC(CO)C(O)C(O)C1OC(=O)CCCC/C=C\C/C=C\C/C=C\C/C=C\C/C=C\C/C=C\CC)C(O)/C=C/CCCCCCCCCCC. The van der Waals surface area contributed by atoms with E-state index in [1.165, 1.54) is 38.5 Å². The van der Waals surface area contributed by atoms with Crippen LogP contribution in [0.3, 0.4) is 0 Å². The molecule has 1 heterocycles. The van der Waals surface area contributed by atoms with Crippen molar-refractivity contribution < 1.29 is 49.3 Å². The Kier molecular flexibility index (Phi) is 56.8. The van der Waals surface area contributed by atoms with Gasteiger partial charge in [0, 0.05) is 6.42 Å². The summed E-state index contributed by atoms with van der Waals surface area (Å²) >= 11 is 0. The molecule has 0 aromatic heterocycles. The molecule has 1 saturated heterocycles. The Labute approximate surface area is 529 Å². The number of hydrogen-bond acceptors (Lipinski definition) is 10. The first kappa shape index (κ1) is 80.3. The van der Waals surface area contributed by atoms with Crippen molar-refractivity contribution in [3.63, 3.8) is 0 Å². The van der Waals surface area contributed by atoms with Crippen LogP contribution in [0.2, 0.25) is 0 Å². The molecule has 1 amide bonds. The van der Waals surface area contributed by atoms with E-state index in [9.17, 15) is 35.1 Å². The number of unbranched alkanes of at least 4 members (excludes halogenated alkanes) is 18. The van der Waals surface area contributed by atoms with Crippen LogP contribution < -0.4 is 5.32 Å². The molecule has 87 heavy (non-hydrogen) atoms. The van der Waals surface area contributed by atoms with Crippen LogP contribution in [0.4, 0.5) is 0 Å². The van der Waals surface area contributed by atoms with Crippen molar-refractivity contribution in [3.05, 3.63) is 158 Å². The van der Waals surface area contributed by atoms with Gasteiger partial charge in [-0.05, 0) is 128 Å². The molecule has 0 spiro atoms. The minimum absolute atomic E-state index is 0.0584. The lowest BCUT2D eigenvalue weighted by Crippen LogP contribution is -2.61. The van der Waals surface area contributed by atoms with E-state index >= 15 is 0 Å². The molecule has 0 aromatic carbocycles. The molecule has 11 heteroatoms. The highest BCUT2D eigenvalue weighted by atomic mass is 16.7. The summed E-state index contributed by atoms with van der Waals surface area (Å²) in [4.78, 5) is 26.6. The molecule has 0 aromatic rings. The first-order chi connectivity index (χ1) is 42.7. The van der Waals surface area contributed by atoms with Crippen molar-refractivity contribution in [2.45, 2.75) is 294 Å². The van der Waals surface area contributed by atoms with Gasteiger partial charge in [0.2, 0.25) is 5.91 Å². The van der Waals surface area contributed by atoms with Gasteiger partial charge in [-0.2, -0.15) is 0 Å². The fourth-order valence-corrected chi connectivity index (χ4v) is 9.60. The molecule has 1 aliphatic rings. The maximum absolute atomic E-state index is 13.5. The maximum Gasteiger partial charge on any atom is 0.306 e. The second-order valence-electron chi connectivity index (χ2n) is 22.8. The Morgan fingerprint density at radius 1 is 0.460 bits per heavy atom.